The van der Waals surface area contributed by atoms with Gasteiger partial charge in [-0.1, -0.05) is 5.16 Å². The highest BCUT2D eigenvalue weighted by Crippen LogP contribution is 2.01. The Balaban J connectivity index is 2.20. The van der Waals surface area contributed by atoms with E-state index in [1.165, 1.54) is 0 Å². The van der Waals surface area contributed by atoms with Crippen LogP contribution < -0.4 is 11.1 Å². The Morgan fingerprint density at radius 3 is 3.00 bits per heavy atom. The normalized spacial score (nSPS) is 10.4. The van der Waals surface area contributed by atoms with E-state index in [-0.39, 0.29) is 0 Å². The van der Waals surface area contributed by atoms with Gasteiger partial charge in [-0.25, -0.2) is 4.63 Å². The Hall–Kier alpha value is -1.14. The van der Waals surface area contributed by atoms with Gasteiger partial charge in [-0.3, -0.25) is 0 Å². The highest BCUT2D eigenvalue weighted by atomic mass is 16.6. The second kappa shape index (κ2) is 4.68. The lowest BCUT2D eigenvalue weighted by atomic mass is 10.4. The maximum Gasteiger partial charge on any atom is 0.192 e. The van der Waals surface area contributed by atoms with Crippen LogP contribution in [0.15, 0.2) is 4.63 Å². The van der Waals surface area contributed by atoms with Crippen LogP contribution in [-0.2, 0) is 11.3 Å². The number of hydrogen-bond donors (Lipinski definition) is 2. The molecular formula is C6H12N4O2. The van der Waals surface area contributed by atoms with Gasteiger partial charge < -0.3 is 15.8 Å². The van der Waals surface area contributed by atoms with E-state index in [1.807, 2.05) is 0 Å². The predicted octanol–water partition coefficient (Wildman–Crippen LogP) is -0.612. The summed E-state index contributed by atoms with van der Waals surface area (Å²) in [6.45, 7) is 1.96. The Labute approximate surface area is 70.0 Å². The Morgan fingerprint density at radius 1 is 1.58 bits per heavy atom. The van der Waals surface area contributed by atoms with Crippen molar-refractivity contribution in [3.8, 4) is 0 Å². The lowest BCUT2D eigenvalue weighted by Crippen LogP contribution is -2.19. The van der Waals surface area contributed by atoms with Gasteiger partial charge in [0.25, 0.3) is 0 Å². The number of hydrogen-bond acceptors (Lipinski definition) is 6. The number of nitrogens with zero attached hydrogens (tertiary/aromatic N) is 2. The summed E-state index contributed by atoms with van der Waals surface area (Å²) in [5.74, 6) is 0.333. The molecule has 3 N–H and O–H groups in total. The summed E-state index contributed by atoms with van der Waals surface area (Å²) < 4.78 is 9.24. The highest BCUT2D eigenvalue weighted by Gasteiger charge is 2.03. The molecule has 0 atom stereocenters. The maximum absolute atomic E-state index is 5.42. The second-order valence-corrected chi connectivity index (χ2v) is 2.27. The SMILES string of the molecule is COCCNCc1nonc1N. The molecule has 0 aliphatic heterocycles. The zero-order valence-electron chi connectivity index (χ0n) is 6.91. The van der Waals surface area contributed by atoms with Crippen molar-refractivity contribution in [3.63, 3.8) is 0 Å². The van der Waals surface area contributed by atoms with Gasteiger partial charge in [-0.15, -0.1) is 0 Å². The molecule has 1 aromatic rings. The molecule has 68 valence electrons. The van der Waals surface area contributed by atoms with Crippen LogP contribution in [0, 0.1) is 0 Å². The summed E-state index contributed by atoms with van der Waals surface area (Å²) >= 11 is 0. The molecule has 0 radical (unpaired) electrons. The monoisotopic (exact) mass is 172 g/mol. The molecule has 1 rings (SSSR count). The van der Waals surface area contributed by atoms with Crippen molar-refractivity contribution in [1.82, 2.24) is 15.6 Å². The quantitative estimate of drug-likeness (QED) is 0.576. The molecule has 6 nitrogen and oxygen atoms in total. The molecule has 0 saturated carbocycles. The lowest BCUT2D eigenvalue weighted by Gasteiger charge is -1.99. The molecule has 0 unspecified atom stereocenters. The molecule has 0 bridgehead atoms. The summed E-state index contributed by atoms with van der Waals surface area (Å²) in [5.41, 5.74) is 6.05. The van der Waals surface area contributed by atoms with Crippen LogP contribution in [0.4, 0.5) is 5.82 Å². The fourth-order valence-corrected chi connectivity index (χ4v) is 0.717. The van der Waals surface area contributed by atoms with Crippen molar-refractivity contribution >= 4 is 5.82 Å². The van der Waals surface area contributed by atoms with E-state index in [0.717, 1.165) is 6.54 Å². The zero-order valence-corrected chi connectivity index (χ0v) is 6.91. The van der Waals surface area contributed by atoms with E-state index in [2.05, 4.69) is 20.3 Å². The lowest BCUT2D eigenvalue weighted by molar-refractivity contribution is 0.199. The van der Waals surface area contributed by atoms with Gasteiger partial charge in [0.1, 0.15) is 5.69 Å². The zero-order chi connectivity index (χ0) is 8.81. The molecule has 0 amide bonds. The summed E-state index contributed by atoms with van der Waals surface area (Å²) in [6.07, 6.45) is 0. The van der Waals surface area contributed by atoms with Crippen molar-refractivity contribution in [2.75, 3.05) is 26.0 Å². The first-order valence-electron chi connectivity index (χ1n) is 3.61. The summed E-state index contributed by atoms with van der Waals surface area (Å²) in [4.78, 5) is 0. The molecule has 0 aliphatic rings. The number of nitrogen functional groups attached to an aromatic ring is 1. The van der Waals surface area contributed by atoms with E-state index < -0.39 is 0 Å². The minimum absolute atomic E-state index is 0.333. The third-order valence-corrected chi connectivity index (χ3v) is 1.36. The van der Waals surface area contributed by atoms with Gasteiger partial charge in [0.05, 0.1) is 6.61 Å². The number of nitrogens with two attached hydrogens (primary N) is 1. The fraction of sp³-hybridized carbons (Fsp3) is 0.667. The van der Waals surface area contributed by atoms with Crippen molar-refractivity contribution < 1.29 is 9.37 Å². The molecule has 0 aliphatic carbocycles. The smallest absolute Gasteiger partial charge is 0.192 e. The van der Waals surface area contributed by atoms with Gasteiger partial charge in [-0.2, -0.15) is 0 Å². The third-order valence-electron chi connectivity index (χ3n) is 1.36. The van der Waals surface area contributed by atoms with Gasteiger partial charge in [0.15, 0.2) is 5.82 Å². The number of aromatic nitrogens is 2. The Morgan fingerprint density at radius 2 is 2.42 bits per heavy atom. The van der Waals surface area contributed by atoms with E-state index in [1.54, 1.807) is 7.11 Å². The molecular weight excluding hydrogens is 160 g/mol. The average molecular weight is 172 g/mol. The van der Waals surface area contributed by atoms with Crippen LogP contribution in [0.3, 0.4) is 0 Å². The predicted molar refractivity (Wildman–Crippen MR) is 42.3 cm³/mol. The Kier molecular flexibility index (Phi) is 3.49. The number of ether oxygens (including phenoxy) is 1. The minimum atomic E-state index is 0.333. The first kappa shape index (κ1) is 8.95. The van der Waals surface area contributed by atoms with Crippen LogP contribution in [0.2, 0.25) is 0 Å². The second-order valence-electron chi connectivity index (χ2n) is 2.27. The first-order chi connectivity index (χ1) is 5.84. The van der Waals surface area contributed by atoms with Gasteiger partial charge >= 0.3 is 0 Å². The average Bonchev–Trinajstić information content (AvgIpc) is 2.46. The van der Waals surface area contributed by atoms with Gasteiger partial charge in [0.2, 0.25) is 0 Å². The highest BCUT2D eigenvalue weighted by molar-refractivity contribution is 5.30. The summed E-state index contributed by atoms with van der Waals surface area (Å²) in [7, 11) is 1.65. The number of rotatable bonds is 5. The Bertz CT molecular complexity index is 225. The number of methoxy groups -OCH3 is 1. The van der Waals surface area contributed by atoms with Crippen molar-refractivity contribution in [2.24, 2.45) is 0 Å². The summed E-state index contributed by atoms with van der Waals surface area (Å²) in [5, 5.41) is 10.1. The molecule has 1 aromatic heterocycles. The largest absolute Gasteiger partial charge is 0.383 e. The minimum Gasteiger partial charge on any atom is -0.383 e. The van der Waals surface area contributed by atoms with Crippen LogP contribution in [0.25, 0.3) is 0 Å². The van der Waals surface area contributed by atoms with Gasteiger partial charge in [0, 0.05) is 20.2 Å². The van der Waals surface area contributed by atoms with E-state index in [4.69, 9.17) is 10.5 Å². The van der Waals surface area contributed by atoms with Crippen LogP contribution >= 0.6 is 0 Å². The first-order valence-corrected chi connectivity index (χ1v) is 3.61. The van der Waals surface area contributed by atoms with Gasteiger partial charge in [-0.05, 0) is 5.16 Å². The maximum atomic E-state index is 5.42. The standard InChI is InChI=1S/C6H12N4O2/c1-11-3-2-8-4-5-6(7)10-12-9-5/h8H,2-4H2,1H3,(H2,7,10). The van der Waals surface area contributed by atoms with Crippen molar-refractivity contribution in [3.05, 3.63) is 5.69 Å². The molecule has 1 heterocycles. The fourth-order valence-electron chi connectivity index (χ4n) is 0.717. The topological polar surface area (TPSA) is 86.2 Å². The molecule has 0 spiro atoms. The number of anilines is 1. The molecule has 0 saturated heterocycles. The van der Waals surface area contributed by atoms with Crippen LogP contribution in [-0.4, -0.2) is 30.6 Å². The molecule has 6 heteroatoms. The van der Waals surface area contributed by atoms with Crippen molar-refractivity contribution in [1.29, 1.82) is 0 Å². The molecule has 0 fully saturated rings. The molecule has 12 heavy (non-hydrogen) atoms. The van der Waals surface area contributed by atoms with E-state index in [0.29, 0.717) is 24.7 Å². The third kappa shape index (κ3) is 2.48. The molecule has 0 aromatic carbocycles. The van der Waals surface area contributed by atoms with Crippen molar-refractivity contribution in [2.45, 2.75) is 6.54 Å². The van der Waals surface area contributed by atoms with E-state index in [9.17, 15) is 0 Å². The van der Waals surface area contributed by atoms with Crippen LogP contribution in [0.5, 0.6) is 0 Å². The summed E-state index contributed by atoms with van der Waals surface area (Å²) in [6, 6.07) is 0. The number of nitrogens with one attached hydrogen (secondary N) is 1. The van der Waals surface area contributed by atoms with Crippen LogP contribution in [0.1, 0.15) is 5.69 Å². The van der Waals surface area contributed by atoms with E-state index >= 15 is 0 Å².